The molecule has 0 atom stereocenters. The maximum absolute atomic E-state index is 12.5. The quantitative estimate of drug-likeness (QED) is 0.736. The Kier molecular flexibility index (Phi) is 5.36. The van der Waals surface area contributed by atoms with Crippen LogP contribution in [0.1, 0.15) is 15.9 Å². The number of halogens is 3. The Morgan fingerprint density at radius 2 is 1.95 bits per heavy atom. The Hall–Kier alpha value is -1.40. The number of carbonyl (C=O) groups is 1. The van der Waals surface area contributed by atoms with Crippen LogP contribution < -0.4 is 5.32 Å². The summed E-state index contributed by atoms with van der Waals surface area (Å²) in [5, 5.41) is 2.72. The second kappa shape index (κ2) is 7.04. The topological polar surface area (TPSA) is 29.1 Å². The summed E-state index contributed by atoms with van der Waals surface area (Å²) >= 11 is 3.75. The number of amides is 1. The average Bonchev–Trinajstić information content (AvgIpc) is 2.43. The molecule has 0 radical (unpaired) electrons. The van der Waals surface area contributed by atoms with Crippen molar-refractivity contribution < 1.29 is 13.6 Å². The van der Waals surface area contributed by atoms with Gasteiger partial charge >= 0.3 is 0 Å². The standard InChI is InChI=1S/C15H12BrF2NOS/c1-9-8-10(6-7-12(9)16)19-14(20)11-4-2-3-5-13(11)21-15(17)18/h2-8,15H,1H3,(H,19,20). The number of rotatable bonds is 4. The van der Waals surface area contributed by atoms with Gasteiger partial charge < -0.3 is 5.32 Å². The van der Waals surface area contributed by atoms with Crippen LogP contribution in [0.5, 0.6) is 0 Å². The summed E-state index contributed by atoms with van der Waals surface area (Å²) < 4.78 is 26.0. The Morgan fingerprint density at radius 1 is 1.24 bits per heavy atom. The summed E-state index contributed by atoms with van der Waals surface area (Å²) in [7, 11) is 0. The zero-order chi connectivity index (χ0) is 15.4. The van der Waals surface area contributed by atoms with Crippen molar-refractivity contribution in [3.63, 3.8) is 0 Å². The van der Waals surface area contributed by atoms with Crippen LogP contribution in [0.15, 0.2) is 51.8 Å². The van der Waals surface area contributed by atoms with Crippen molar-refractivity contribution in [2.75, 3.05) is 5.32 Å². The number of benzene rings is 2. The minimum Gasteiger partial charge on any atom is -0.322 e. The van der Waals surface area contributed by atoms with Gasteiger partial charge in [-0.15, -0.1) is 0 Å². The monoisotopic (exact) mass is 371 g/mol. The van der Waals surface area contributed by atoms with Crippen LogP contribution in [0, 0.1) is 6.92 Å². The molecule has 1 N–H and O–H groups in total. The van der Waals surface area contributed by atoms with E-state index in [1.165, 1.54) is 12.1 Å². The third-order valence-electron chi connectivity index (χ3n) is 2.76. The highest BCUT2D eigenvalue weighted by atomic mass is 79.9. The van der Waals surface area contributed by atoms with E-state index in [0.717, 1.165) is 10.0 Å². The maximum Gasteiger partial charge on any atom is 0.288 e. The molecule has 0 bridgehead atoms. The van der Waals surface area contributed by atoms with Crippen molar-refractivity contribution in [1.82, 2.24) is 0 Å². The first kappa shape index (κ1) is 16.0. The molecule has 110 valence electrons. The van der Waals surface area contributed by atoms with Gasteiger partial charge in [0, 0.05) is 15.1 Å². The van der Waals surface area contributed by atoms with Crippen LogP contribution in [0.4, 0.5) is 14.5 Å². The highest BCUT2D eigenvalue weighted by Crippen LogP contribution is 2.29. The van der Waals surface area contributed by atoms with Gasteiger partial charge in [-0.25, -0.2) is 0 Å². The van der Waals surface area contributed by atoms with Crippen LogP contribution in [0.25, 0.3) is 0 Å². The third-order valence-corrected chi connectivity index (χ3v) is 4.44. The van der Waals surface area contributed by atoms with Crippen molar-refractivity contribution in [2.45, 2.75) is 17.6 Å². The van der Waals surface area contributed by atoms with Crippen LogP contribution in [-0.2, 0) is 0 Å². The average molecular weight is 372 g/mol. The van der Waals surface area contributed by atoms with Gasteiger partial charge in [0.2, 0.25) is 0 Å². The zero-order valence-corrected chi connectivity index (χ0v) is 13.5. The zero-order valence-electron chi connectivity index (χ0n) is 11.1. The highest BCUT2D eigenvalue weighted by Gasteiger charge is 2.15. The van der Waals surface area contributed by atoms with E-state index in [1.807, 2.05) is 19.1 Å². The molecule has 6 heteroatoms. The van der Waals surface area contributed by atoms with Gasteiger partial charge in [-0.2, -0.15) is 8.78 Å². The third kappa shape index (κ3) is 4.28. The molecule has 0 unspecified atom stereocenters. The number of thioether (sulfide) groups is 1. The summed E-state index contributed by atoms with van der Waals surface area (Å²) in [6, 6.07) is 11.7. The molecule has 0 heterocycles. The fraction of sp³-hybridized carbons (Fsp3) is 0.133. The fourth-order valence-corrected chi connectivity index (χ4v) is 2.66. The Balaban J connectivity index is 2.22. The molecule has 0 aliphatic heterocycles. The van der Waals surface area contributed by atoms with Crippen molar-refractivity contribution in [3.8, 4) is 0 Å². The molecule has 0 saturated carbocycles. The van der Waals surface area contributed by atoms with Gasteiger partial charge in [0.15, 0.2) is 0 Å². The number of alkyl halides is 2. The lowest BCUT2D eigenvalue weighted by atomic mass is 10.2. The second-order valence-corrected chi connectivity index (χ2v) is 6.18. The van der Waals surface area contributed by atoms with Crippen molar-refractivity contribution in [1.29, 1.82) is 0 Å². The SMILES string of the molecule is Cc1cc(NC(=O)c2ccccc2SC(F)F)ccc1Br. The summed E-state index contributed by atoms with van der Waals surface area (Å²) in [6.45, 7) is 1.90. The largest absolute Gasteiger partial charge is 0.322 e. The van der Waals surface area contributed by atoms with Crippen molar-refractivity contribution in [3.05, 3.63) is 58.1 Å². The molecular formula is C15H12BrF2NOS. The summed E-state index contributed by atoms with van der Waals surface area (Å²) in [5.41, 5.74) is 1.84. The molecule has 0 saturated heterocycles. The lowest BCUT2D eigenvalue weighted by molar-refractivity contribution is 0.102. The molecule has 21 heavy (non-hydrogen) atoms. The minimum absolute atomic E-state index is 0.239. The number of hydrogen-bond acceptors (Lipinski definition) is 2. The molecule has 0 fully saturated rings. The lowest BCUT2D eigenvalue weighted by Crippen LogP contribution is -2.13. The second-order valence-electron chi connectivity index (χ2n) is 4.29. The smallest absolute Gasteiger partial charge is 0.288 e. The van der Waals surface area contributed by atoms with E-state index in [9.17, 15) is 13.6 Å². The predicted molar refractivity (Wildman–Crippen MR) is 85.1 cm³/mol. The molecule has 0 aliphatic carbocycles. The molecule has 0 spiro atoms. The van der Waals surface area contributed by atoms with Gasteiger partial charge in [0.1, 0.15) is 0 Å². The van der Waals surface area contributed by atoms with Gasteiger partial charge in [-0.3, -0.25) is 4.79 Å². The van der Waals surface area contributed by atoms with E-state index in [2.05, 4.69) is 21.2 Å². The van der Waals surface area contributed by atoms with Crippen molar-refractivity contribution in [2.24, 2.45) is 0 Å². The molecule has 2 aromatic rings. The van der Waals surface area contributed by atoms with Gasteiger partial charge in [-0.05, 0) is 42.8 Å². The fourth-order valence-electron chi connectivity index (χ4n) is 1.77. The molecule has 2 aromatic carbocycles. The Bertz CT molecular complexity index is 664. The van der Waals surface area contributed by atoms with Gasteiger partial charge in [0.05, 0.1) is 5.56 Å². The van der Waals surface area contributed by atoms with Gasteiger partial charge in [0.25, 0.3) is 11.7 Å². The normalized spacial score (nSPS) is 10.7. The summed E-state index contributed by atoms with van der Waals surface area (Å²) in [6.07, 6.45) is 0. The Morgan fingerprint density at radius 3 is 2.62 bits per heavy atom. The highest BCUT2D eigenvalue weighted by molar-refractivity contribution is 9.10. The maximum atomic E-state index is 12.5. The van der Waals surface area contributed by atoms with Gasteiger partial charge in [-0.1, -0.05) is 39.8 Å². The molecule has 0 aliphatic rings. The first-order chi connectivity index (χ1) is 9.97. The lowest BCUT2D eigenvalue weighted by Gasteiger charge is -2.10. The molecule has 1 amide bonds. The molecule has 2 nitrogen and oxygen atoms in total. The minimum atomic E-state index is -2.56. The Labute approximate surface area is 134 Å². The molecule has 0 aromatic heterocycles. The van der Waals surface area contributed by atoms with E-state index in [4.69, 9.17) is 0 Å². The number of nitrogens with one attached hydrogen (secondary N) is 1. The van der Waals surface area contributed by atoms with Crippen LogP contribution >= 0.6 is 27.7 Å². The number of anilines is 1. The van der Waals surface area contributed by atoms with E-state index in [-0.39, 0.29) is 10.5 Å². The number of hydrogen-bond donors (Lipinski definition) is 1. The first-order valence-electron chi connectivity index (χ1n) is 6.08. The van der Waals surface area contributed by atoms with E-state index < -0.39 is 11.7 Å². The predicted octanol–water partition coefficient (Wildman–Crippen LogP) is 5.32. The number of carbonyl (C=O) groups excluding carboxylic acids is 1. The number of aryl methyl sites for hydroxylation is 1. The van der Waals surface area contributed by atoms with E-state index in [0.29, 0.717) is 17.4 Å². The first-order valence-corrected chi connectivity index (χ1v) is 7.76. The van der Waals surface area contributed by atoms with Crippen molar-refractivity contribution >= 4 is 39.3 Å². The van der Waals surface area contributed by atoms with E-state index in [1.54, 1.807) is 18.2 Å². The van der Waals surface area contributed by atoms with Crippen LogP contribution in [0.2, 0.25) is 0 Å². The van der Waals surface area contributed by atoms with Crippen LogP contribution in [-0.4, -0.2) is 11.7 Å². The van der Waals surface area contributed by atoms with E-state index >= 15 is 0 Å². The summed E-state index contributed by atoms with van der Waals surface area (Å²) in [4.78, 5) is 12.5. The molecular weight excluding hydrogens is 360 g/mol. The van der Waals surface area contributed by atoms with Crippen LogP contribution in [0.3, 0.4) is 0 Å². The summed E-state index contributed by atoms with van der Waals surface area (Å²) in [5.74, 6) is -2.96. The molecule has 2 rings (SSSR count).